The van der Waals surface area contributed by atoms with E-state index in [9.17, 15) is 31.1 Å². The van der Waals surface area contributed by atoms with Crippen LogP contribution in [0.4, 0.5) is 26.3 Å². The van der Waals surface area contributed by atoms with Gasteiger partial charge in [0.05, 0.1) is 18.7 Å². The number of carbonyl (C=O) groups is 1. The van der Waals surface area contributed by atoms with Gasteiger partial charge in [0.2, 0.25) is 5.88 Å². The zero-order chi connectivity index (χ0) is 19.8. The van der Waals surface area contributed by atoms with Gasteiger partial charge in [-0.3, -0.25) is 9.78 Å². The van der Waals surface area contributed by atoms with E-state index in [0.29, 0.717) is 6.07 Å². The number of amides is 1. The zero-order valence-corrected chi connectivity index (χ0v) is 13.4. The average Bonchev–Trinajstić information content (AvgIpc) is 2.56. The van der Waals surface area contributed by atoms with E-state index in [2.05, 4.69) is 9.97 Å². The highest BCUT2D eigenvalue weighted by atomic mass is 19.4. The summed E-state index contributed by atoms with van der Waals surface area (Å²) in [5.41, 5.74) is -2.21. The summed E-state index contributed by atoms with van der Waals surface area (Å²) in [6.45, 7) is -0.0402. The molecular formula is C16H11F6N3O2. The summed E-state index contributed by atoms with van der Waals surface area (Å²) in [6.07, 6.45) is -7.99. The fourth-order valence-electron chi connectivity index (χ4n) is 2.41. The molecular weight excluding hydrogens is 380 g/mol. The van der Waals surface area contributed by atoms with E-state index in [-0.39, 0.29) is 18.7 Å². The van der Waals surface area contributed by atoms with Crippen LogP contribution in [-0.4, -0.2) is 40.0 Å². The molecule has 0 aromatic carbocycles. The summed E-state index contributed by atoms with van der Waals surface area (Å²) in [5, 5.41) is 0. The molecule has 0 bridgehead atoms. The van der Waals surface area contributed by atoms with Crippen molar-refractivity contribution in [1.82, 2.24) is 14.9 Å². The molecule has 2 aromatic rings. The summed E-state index contributed by atoms with van der Waals surface area (Å²) >= 11 is 0. The van der Waals surface area contributed by atoms with Crippen LogP contribution < -0.4 is 4.74 Å². The van der Waals surface area contributed by atoms with Crippen molar-refractivity contribution in [1.29, 1.82) is 0 Å². The van der Waals surface area contributed by atoms with Crippen LogP contribution in [0.1, 0.15) is 21.6 Å². The van der Waals surface area contributed by atoms with Crippen molar-refractivity contribution in [2.45, 2.75) is 18.5 Å². The molecule has 11 heteroatoms. The number of likely N-dealkylation sites (tertiary alicyclic amines) is 1. The van der Waals surface area contributed by atoms with Crippen LogP contribution in [0.5, 0.6) is 5.88 Å². The van der Waals surface area contributed by atoms with Gasteiger partial charge in [0, 0.05) is 12.4 Å². The molecule has 1 saturated heterocycles. The van der Waals surface area contributed by atoms with Crippen molar-refractivity contribution in [3.8, 4) is 5.88 Å². The van der Waals surface area contributed by atoms with Gasteiger partial charge in [-0.2, -0.15) is 26.3 Å². The van der Waals surface area contributed by atoms with E-state index in [1.807, 2.05) is 0 Å². The fourth-order valence-corrected chi connectivity index (χ4v) is 2.41. The molecule has 0 unspecified atom stereocenters. The normalized spacial score (nSPS) is 15.4. The smallest absolute Gasteiger partial charge is 0.433 e. The molecule has 0 N–H and O–H groups in total. The topological polar surface area (TPSA) is 55.3 Å². The minimum atomic E-state index is -4.63. The predicted octanol–water partition coefficient (Wildman–Crippen LogP) is 3.42. The molecule has 0 atom stereocenters. The number of hydrogen-bond donors (Lipinski definition) is 0. The summed E-state index contributed by atoms with van der Waals surface area (Å²) in [4.78, 5) is 20.2. The second-order valence-corrected chi connectivity index (χ2v) is 5.73. The Labute approximate surface area is 148 Å². The number of nitrogens with zero attached hydrogens (tertiary/aromatic N) is 3. The van der Waals surface area contributed by atoms with Crippen LogP contribution in [0.2, 0.25) is 0 Å². The monoisotopic (exact) mass is 391 g/mol. The molecule has 2 aromatic heterocycles. The lowest BCUT2D eigenvalue weighted by Gasteiger charge is -2.38. The van der Waals surface area contributed by atoms with E-state index >= 15 is 0 Å². The SMILES string of the molecule is O=C(c1ccc(C(F)(F)F)nc1)N1CC(Oc2ncccc2C(F)(F)F)C1. The van der Waals surface area contributed by atoms with Crippen molar-refractivity contribution < 1.29 is 35.9 Å². The number of alkyl halides is 6. The van der Waals surface area contributed by atoms with Crippen LogP contribution >= 0.6 is 0 Å². The molecule has 0 aliphatic carbocycles. The van der Waals surface area contributed by atoms with Gasteiger partial charge >= 0.3 is 12.4 Å². The Balaban J connectivity index is 1.61. The minimum absolute atomic E-state index is 0.0201. The van der Waals surface area contributed by atoms with Crippen molar-refractivity contribution >= 4 is 5.91 Å². The first kappa shape index (κ1) is 18.9. The van der Waals surface area contributed by atoms with E-state index in [4.69, 9.17) is 4.74 Å². The Morgan fingerprint density at radius 1 is 1.04 bits per heavy atom. The van der Waals surface area contributed by atoms with Crippen molar-refractivity contribution in [2.75, 3.05) is 13.1 Å². The maximum Gasteiger partial charge on any atom is 0.433 e. The van der Waals surface area contributed by atoms with E-state index in [1.54, 1.807) is 0 Å². The molecule has 1 fully saturated rings. The summed E-state index contributed by atoms with van der Waals surface area (Å²) in [5.74, 6) is -1.17. The largest absolute Gasteiger partial charge is 0.470 e. The number of ether oxygens (including phenoxy) is 1. The lowest BCUT2D eigenvalue weighted by atomic mass is 10.1. The van der Waals surface area contributed by atoms with Gasteiger partial charge in [0.15, 0.2) is 0 Å². The van der Waals surface area contributed by atoms with E-state index in [1.165, 1.54) is 4.90 Å². The van der Waals surface area contributed by atoms with Gasteiger partial charge in [-0.1, -0.05) is 0 Å². The maximum atomic E-state index is 12.9. The minimum Gasteiger partial charge on any atom is -0.470 e. The second-order valence-electron chi connectivity index (χ2n) is 5.73. The van der Waals surface area contributed by atoms with Crippen LogP contribution in [0.15, 0.2) is 36.7 Å². The van der Waals surface area contributed by atoms with Crippen LogP contribution in [0.25, 0.3) is 0 Å². The molecule has 1 amide bonds. The number of rotatable bonds is 3. The average molecular weight is 391 g/mol. The van der Waals surface area contributed by atoms with E-state index in [0.717, 1.165) is 30.6 Å². The first-order valence-electron chi connectivity index (χ1n) is 7.57. The molecule has 0 saturated carbocycles. The van der Waals surface area contributed by atoms with Gasteiger partial charge in [-0.05, 0) is 24.3 Å². The van der Waals surface area contributed by atoms with Crippen LogP contribution in [-0.2, 0) is 12.4 Å². The summed E-state index contributed by atoms with van der Waals surface area (Å²) in [6, 6.07) is 3.64. The van der Waals surface area contributed by atoms with Crippen LogP contribution in [0.3, 0.4) is 0 Å². The first-order valence-corrected chi connectivity index (χ1v) is 7.57. The molecule has 0 spiro atoms. The molecule has 5 nitrogen and oxygen atoms in total. The maximum absolute atomic E-state index is 12.9. The second kappa shape index (κ2) is 6.71. The Kier molecular flexibility index (Phi) is 4.70. The highest BCUT2D eigenvalue weighted by molar-refractivity contribution is 5.94. The number of aromatic nitrogens is 2. The third kappa shape index (κ3) is 4.12. The zero-order valence-electron chi connectivity index (χ0n) is 13.4. The number of carbonyl (C=O) groups excluding carboxylic acids is 1. The van der Waals surface area contributed by atoms with Crippen molar-refractivity contribution in [3.63, 3.8) is 0 Å². The summed E-state index contributed by atoms with van der Waals surface area (Å²) < 4.78 is 81.3. The molecule has 1 aliphatic heterocycles. The Hall–Kier alpha value is -2.85. The number of halogens is 6. The van der Waals surface area contributed by atoms with E-state index < -0.39 is 41.5 Å². The fraction of sp³-hybridized carbons (Fsp3) is 0.312. The van der Waals surface area contributed by atoms with Gasteiger partial charge in [-0.15, -0.1) is 0 Å². The van der Waals surface area contributed by atoms with Crippen molar-refractivity contribution in [2.24, 2.45) is 0 Å². The van der Waals surface area contributed by atoms with Crippen molar-refractivity contribution in [3.05, 3.63) is 53.5 Å². The molecule has 3 rings (SSSR count). The lowest BCUT2D eigenvalue weighted by Crippen LogP contribution is -2.56. The molecule has 0 radical (unpaired) electrons. The highest BCUT2D eigenvalue weighted by Gasteiger charge is 2.39. The Bertz CT molecular complexity index is 829. The molecule has 3 heterocycles. The third-order valence-electron chi connectivity index (χ3n) is 3.79. The summed E-state index contributed by atoms with van der Waals surface area (Å²) in [7, 11) is 0. The van der Waals surface area contributed by atoms with Crippen LogP contribution in [0, 0.1) is 0 Å². The van der Waals surface area contributed by atoms with Gasteiger partial charge in [0.25, 0.3) is 5.91 Å². The van der Waals surface area contributed by atoms with Gasteiger partial charge < -0.3 is 9.64 Å². The standard InChI is InChI=1S/C16H11F6N3O2/c17-15(18,19)11-2-1-5-23-13(11)27-10-7-25(8-10)14(26)9-3-4-12(24-6-9)16(20,21)22/h1-6,10H,7-8H2. The number of hydrogen-bond acceptors (Lipinski definition) is 4. The third-order valence-corrected chi connectivity index (χ3v) is 3.79. The predicted molar refractivity (Wildman–Crippen MR) is 78.8 cm³/mol. The van der Waals surface area contributed by atoms with Gasteiger partial charge in [0.1, 0.15) is 17.4 Å². The first-order chi connectivity index (χ1) is 12.6. The number of pyridine rings is 2. The molecule has 1 aliphatic rings. The quantitative estimate of drug-likeness (QED) is 0.753. The Morgan fingerprint density at radius 3 is 2.30 bits per heavy atom. The van der Waals surface area contributed by atoms with Gasteiger partial charge in [-0.25, -0.2) is 4.98 Å². The lowest BCUT2D eigenvalue weighted by molar-refractivity contribution is -0.141. The highest BCUT2D eigenvalue weighted by Crippen LogP contribution is 2.35. The molecule has 144 valence electrons. The molecule has 27 heavy (non-hydrogen) atoms. The Morgan fingerprint density at radius 2 is 1.74 bits per heavy atom.